The molecule has 0 amide bonds. The van der Waals surface area contributed by atoms with Crippen molar-refractivity contribution in [3.8, 4) is 17.4 Å². The summed E-state index contributed by atoms with van der Waals surface area (Å²) < 4.78 is 45.5. The predicted molar refractivity (Wildman–Crippen MR) is 80.4 cm³/mol. The van der Waals surface area contributed by atoms with E-state index in [4.69, 9.17) is 4.74 Å². The molecule has 2 aromatic rings. The molecule has 1 aromatic heterocycles. The third-order valence-corrected chi connectivity index (χ3v) is 4.85. The summed E-state index contributed by atoms with van der Waals surface area (Å²) in [5.74, 6) is -0.787. The molecule has 25 heavy (non-hydrogen) atoms. The van der Waals surface area contributed by atoms with E-state index in [9.17, 15) is 28.5 Å². The van der Waals surface area contributed by atoms with Gasteiger partial charge in [0.2, 0.25) is 11.8 Å². The Balaban J connectivity index is 1.91. The Hall–Kier alpha value is -2.45. The molecule has 0 saturated heterocycles. The molecule has 0 unspecified atom stereocenters. The number of benzene rings is 1. The topological polar surface area (TPSA) is 74.8 Å². The van der Waals surface area contributed by atoms with E-state index in [-0.39, 0.29) is 23.7 Å². The molecule has 0 saturated carbocycles. The van der Waals surface area contributed by atoms with Gasteiger partial charge in [0.25, 0.3) is 0 Å². The number of hydrogen-bond acceptors (Lipinski definition) is 4. The SMILES string of the molecule is C[C@@]12O[C@@H](C=C1CO)c1c2c(O)n(-c2cccc(C(F)(F)F)c2)c1O. The molecule has 1 aromatic carbocycles. The monoisotopic (exact) mass is 353 g/mol. The molecule has 2 bridgehead atoms. The highest BCUT2D eigenvalue weighted by Gasteiger charge is 2.54. The molecule has 2 atom stereocenters. The molecular formula is C17H14F3NO4. The number of nitrogens with zero attached hydrogens (tertiary/aromatic N) is 1. The highest BCUT2D eigenvalue weighted by molar-refractivity contribution is 5.63. The van der Waals surface area contributed by atoms with Gasteiger partial charge in [-0.25, -0.2) is 0 Å². The Bertz CT molecular complexity index is 915. The van der Waals surface area contributed by atoms with Gasteiger partial charge in [-0.1, -0.05) is 6.07 Å². The van der Waals surface area contributed by atoms with Crippen LogP contribution in [0.2, 0.25) is 0 Å². The van der Waals surface area contributed by atoms with Gasteiger partial charge < -0.3 is 20.1 Å². The van der Waals surface area contributed by atoms with E-state index in [2.05, 4.69) is 0 Å². The number of aliphatic hydroxyl groups is 1. The number of aromatic hydroxyl groups is 2. The highest BCUT2D eigenvalue weighted by Crippen LogP contribution is 2.60. The number of aromatic nitrogens is 1. The summed E-state index contributed by atoms with van der Waals surface area (Å²) in [6.07, 6.45) is -3.57. The number of ether oxygens (including phenoxy) is 1. The molecule has 3 N–H and O–H groups in total. The van der Waals surface area contributed by atoms with Gasteiger partial charge in [0.05, 0.1) is 29.0 Å². The van der Waals surface area contributed by atoms with Crippen LogP contribution in [0.1, 0.15) is 29.7 Å². The van der Waals surface area contributed by atoms with Crippen LogP contribution in [-0.4, -0.2) is 26.5 Å². The lowest BCUT2D eigenvalue weighted by Gasteiger charge is -2.23. The van der Waals surface area contributed by atoms with Crippen molar-refractivity contribution in [2.45, 2.75) is 24.8 Å². The van der Waals surface area contributed by atoms with Crippen LogP contribution >= 0.6 is 0 Å². The Labute approximate surface area is 140 Å². The lowest BCUT2D eigenvalue weighted by Crippen LogP contribution is -2.23. The van der Waals surface area contributed by atoms with Crippen molar-refractivity contribution in [1.82, 2.24) is 4.57 Å². The summed E-state index contributed by atoms with van der Waals surface area (Å²) in [6.45, 7) is 1.35. The predicted octanol–water partition coefficient (Wildman–Crippen LogP) is 3.13. The van der Waals surface area contributed by atoms with Crippen molar-refractivity contribution in [3.63, 3.8) is 0 Å². The van der Waals surface area contributed by atoms with Gasteiger partial charge in [0.15, 0.2) is 0 Å². The molecular weight excluding hydrogens is 339 g/mol. The van der Waals surface area contributed by atoms with Crippen molar-refractivity contribution in [1.29, 1.82) is 0 Å². The van der Waals surface area contributed by atoms with Crippen molar-refractivity contribution in [3.05, 3.63) is 52.6 Å². The maximum absolute atomic E-state index is 12.9. The maximum atomic E-state index is 12.9. The van der Waals surface area contributed by atoms with Gasteiger partial charge in [-0.3, -0.25) is 4.57 Å². The first-order valence-corrected chi connectivity index (χ1v) is 7.53. The van der Waals surface area contributed by atoms with Crippen LogP contribution in [0.15, 0.2) is 35.9 Å². The summed E-state index contributed by atoms with van der Waals surface area (Å²) in [5.41, 5.74) is -0.941. The third kappa shape index (κ3) is 1.98. The van der Waals surface area contributed by atoms with Crippen LogP contribution in [-0.2, 0) is 16.5 Å². The van der Waals surface area contributed by atoms with Crippen molar-refractivity contribution in [2.24, 2.45) is 0 Å². The zero-order valence-electron chi connectivity index (χ0n) is 13.0. The Morgan fingerprint density at radius 1 is 1.24 bits per heavy atom. The average Bonchev–Trinajstić information content (AvgIpc) is 3.12. The molecule has 3 heterocycles. The first-order chi connectivity index (χ1) is 11.7. The molecule has 0 radical (unpaired) electrons. The minimum Gasteiger partial charge on any atom is -0.494 e. The van der Waals surface area contributed by atoms with Crippen LogP contribution in [0, 0.1) is 0 Å². The molecule has 2 aliphatic heterocycles. The zero-order chi connectivity index (χ0) is 18.1. The summed E-state index contributed by atoms with van der Waals surface area (Å²) in [6, 6.07) is 4.32. The zero-order valence-corrected chi connectivity index (χ0v) is 13.0. The Morgan fingerprint density at radius 3 is 2.60 bits per heavy atom. The lowest BCUT2D eigenvalue weighted by molar-refractivity contribution is -0.137. The van der Waals surface area contributed by atoms with Crippen molar-refractivity contribution >= 4 is 0 Å². The fourth-order valence-electron chi connectivity index (χ4n) is 3.64. The first-order valence-electron chi connectivity index (χ1n) is 7.53. The Morgan fingerprint density at radius 2 is 1.96 bits per heavy atom. The minimum atomic E-state index is -4.54. The number of aliphatic hydroxyl groups excluding tert-OH is 1. The van der Waals surface area contributed by atoms with Gasteiger partial charge >= 0.3 is 6.18 Å². The second-order valence-electron chi connectivity index (χ2n) is 6.24. The van der Waals surface area contributed by atoms with Crippen LogP contribution in [0.25, 0.3) is 5.69 Å². The van der Waals surface area contributed by atoms with Gasteiger partial charge in [-0.15, -0.1) is 0 Å². The molecule has 5 nitrogen and oxygen atoms in total. The van der Waals surface area contributed by atoms with E-state index in [0.717, 1.165) is 16.7 Å². The number of hydrogen-bond donors (Lipinski definition) is 3. The summed E-state index contributed by atoms with van der Waals surface area (Å²) in [5, 5.41) is 30.6. The van der Waals surface area contributed by atoms with E-state index >= 15 is 0 Å². The molecule has 2 aliphatic rings. The van der Waals surface area contributed by atoms with Crippen LogP contribution in [0.4, 0.5) is 13.2 Å². The van der Waals surface area contributed by atoms with E-state index in [1.807, 2.05) is 0 Å². The number of alkyl halides is 3. The smallest absolute Gasteiger partial charge is 0.416 e. The van der Waals surface area contributed by atoms with Crippen molar-refractivity contribution < 1.29 is 33.2 Å². The van der Waals surface area contributed by atoms with Gasteiger partial charge in [-0.2, -0.15) is 13.2 Å². The second-order valence-corrected chi connectivity index (χ2v) is 6.24. The molecule has 0 spiro atoms. The second kappa shape index (κ2) is 4.80. The van der Waals surface area contributed by atoms with Gasteiger partial charge in [0.1, 0.15) is 11.7 Å². The molecule has 0 fully saturated rings. The molecule has 8 heteroatoms. The fourth-order valence-corrected chi connectivity index (χ4v) is 3.64. The number of rotatable bonds is 2. The number of fused-ring (bicyclic) bond motifs is 5. The lowest BCUT2D eigenvalue weighted by atomic mass is 9.84. The standard InChI is InChI=1S/C17H14F3NO4/c1-16-9(7-22)6-11(25-16)12-13(16)15(24)21(14(12)23)10-4-2-3-8(5-10)17(18,19)20/h2-6,11,22-24H,7H2,1H3/t11-,16+/m0/s1. The largest absolute Gasteiger partial charge is 0.494 e. The van der Waals surface area contributed by atoms with E-state index in [0.29, 0.717) is 11.1 Å². The number of halogens is 3. The van der Waals surface area contributed by atoms with Crippen LogP contribution in [0.5, 0.6) is 11.8 Å². The minimum absolute atomic E-state index is 0.0206. The summed E-state index contributed by atoms with van der Waals surface area (Å²) in [4.78, 5) is 0. The molecule has 4 rings (SSSR count). The van der Waals surface area contributed by atoms with Crippen LogP contribution < -0.4 is 0 Å². The van der Waals surface area contributed by atoms with Crippen LogP contribution in [0.3, 0.4) is 0 Å². The average molecular weight is 353 g/mol. The molecule has 0 aliphatic carbocycles. The van der Waals surface area contributed by atoms with E-state index in [1.54, 1.807) is 13.0 Å². The Kier molecular flexibility index (Phi) is 3.08. The van der Waals surface area contributed by atoms with Gasteiger partial charge in [-0.05, 0) is 36.8 Å². The maximum Gasteiger partial charge on any atom is 0.416 e. The van der Waals surface area contributed by atoms with E-state index in [1.165, 1.54) is 12.1 Å². The highest BCUT2D eigenvalue weighted by atomic mass is 19.4. The summed E-state index contributed by atoms with van der Waals surface area (Å²) >= 11 is 0. The summed E-state index contributed by atoms with van der Waals surface area (Å²) in [7, 11) is 0. The fraction of sp³-hybridized carbons (Fsp3) is 0.294. The normalized spacial score (nSPS) is 24.5. The molecule has 132 valence electrons. The third-order valence-electron chi connectivity index (χ3n) is 4.85. The van der Waals surface area contributed by atoms with E-state index < -0.39 is 29.3 Å². The van der Waals surface area contributed by atoms with Crippen molar-refractivity contribution in [2.75, 3.05) is 6.61 Å². The first kappa shape index (κ1) is 16.0. The quantitative estimate of drug-likeness (QED) is 0.725. The van der Waals surface area contributed by atoms with Gasteiger partial charge in [0, 0.05) is 0 Å².